The zero-order chi connectivity index (χ0) is 13.7. The normalized spacial score (nSPS) is 9.58. The lowest BCUT2D eigenvalue weighted by molar-refractivity contribution is 0.102. The summed E-state index contributed by atoms with van der Waals surface area (Å²) in [6.45, 7) is -0.342. The number of halogens is 1. The van der Waals surface area contributed by atoms with Crippen LogP contribution >= 0.6 is 0 Å². The minimum atomic E-state index is -0.469. The number of aromatic nitrogens is 2. The third-order valence-corrected chi connectivity index (χ3v) is 2.29. The minimum absolute atomic E-state index is 0.297. The molecule has 0 aliphatic rings. The van der Waals surface area contributed by atoms with E-state index in [0.717, 1.165) is 0 Å². The van der Waals surface area contributed by atoms with Crippen molar-refractivity contribution in [3.63, 3.8) is 0 Å². The van der Waals surface area contributed by atoms with Gasteiger partial charge >= 0.3 is 0 Å². The van der Waals surface area contributed by atoms with Gasteiger partial charge in [-0.05, 0) is 18.2 Å². The second-order valence-electron chi connectivity index (χ2n) is 3.59. The number of aliphatic hydroxyl groups excluding tert-OH is 1. The molecule has 0 aliphatic heterocycles. The van der Waals surface area contributed by atoms with Gasteiger partial charge < -0.3 is 10.4 Å². The summed E-state index contributed by atoms with van der Waals surface area (Å²) in [6, 6.07) is 3.82. The Kier molecular flexibility index (Phi) is 3.90. The minimum Gasteiger partial charge on any atom is -0.384 e. The van der Waals surface area contributed by atoms with Crippen LogP contribution in [0.15, 0.2) is 30.6 Å². The van der Waals surface area contributed by atoms with Crippen molar-refractivity contribution in [1.29, 1.82) is 0 Å². The summed E-state index contributed by atoms with van der Waals surface area (Å²) in [5, 5.41) is 17.4. The van der Waals surface area contributed by atoms with Crippen LogP contribution in [0.4, 0.5) is 10.1 Å². The Morgan fingerprint density at radius 2 is 2.37 bits per heavy atom. The van der Waals surface area contributed by atoms with Gasteiger partial charge in [0, 0.05) is 6.20 Å². The molecule has 0 atom stereocenters. The smallest absolute Gasteiger partial charge is 0.258 e. The lowest BCUT2D eigenvalue weighted by atomic mass is 10.1. The molecule has 0 bridgehead atoms. The van der Waals surface area contributed by atoms with Gasteiger partial charge in [0.05, 0.1) is 23.0 Å². The second kappa shape index (κ2) is 5.80. The summed E-state index contributed by atoms with van der Waals surface area (Å²) in [5.74, 6) is 4.13. The highest BCUT2D eigenvalue weighted by molar-refractivity contribution is 6.04. The Morgan fingerprint density at radius 3 is 3.05 bits per heavy atom. The van der Waals surface area contributed by atoms with Gasteiger partial charge in [0.15, 0.2) is 0 Å². The molecule has 0 radical (unpaired) electrons. The summed E-state index contributed by atoms with van der Waals surface area (Å²) in [7, 11) is 0. The summed E-state index contributed by atoms with van der Waals surface area (Å²) < 4.78 is 13.1. The standard InChI is InChI=1S/C13H10FN3O2/c14-11-3-4-12(9(6-11)2-1-5-18)17-13(19)10-7-15-16-8-10/h3-4,6-8,18H,5H2,(H,15,16)(H,17,19). The number of aliphatic hydroxyl groups is 1. The Morgan fingerprint density at radius 1 is 1.53 bits per heavy atom. The first-order chi connectivity index (χ1) is 9.20. The van der Waals surface area contributed by atoms with Gasteiger partial charge in [-0.15, -0.1) is 0 Å². The van der Waals surface area contributed by atoms with Gasteiger partial charge in [-0.2, -0.15) is 5.10 Å². The van der Waals surface area contributed by atoms with Crippen molar-refractivity contribution in [3.8, 4) is 11.8 Å². The molecule has 0 spiro atoms. The van der Waals surface area contributed by atoms with E-state index in [2.05, 4.69) is 27.4 Å². The van der Waals surface area contributed by atoms with E-state index in [1.54, 1.807) is 0 Å². The zero-order valence-corrected chi connectivity index (χ0v) is 9.77. The van der Waals surface area contributed by atoms with E-state index in [9.17, 15) is 9.18 Å². The van der Waals surface area contributed by atoms with Gasteiger partial charge in [0.2, 0.25) is 0 Å². The maximum atomic E-state index is 13.1. The largest absolute Gasteiger partial charge is 0.384 e. The number of anilines is 1. The number of aromatic amines is 1. The summed E-state index contributed by atoms with van der Waals surface area (Å²) >= 11 is 0. The number of hydrogen-bond donors (Lipinski definition) is 3. The van der Waals surface area contributed by atoms with Crippen LogP contribution in [0.2, 0.25) is 0 Å². The molecule has 0 saturated carbocycles. The van der Waals surface area contributed by atoms with Gasteiger partial charge in [-0.3, -0.25) is 9.89 Å². The quantitative estimate of drug-likeness (QED) is 0.708. The molecular weight excluding hydrogens is 249 g/mol. The summed E-state index contributed by atoms with van der Waals surface area (Å²) in [4.78, 5) is 11.8. The van der Waals surface area contributed by atoms with Crippen LogP contribution < -0.4 is 5.32 Å². The van der Waals surface area contributed by atoms with Crippen molar-refractivity contribution in [2.75, 3.05) is 11.9 Å². The fourth-order valence-corrected chi connectivity index (χ4v) is 1.43. The molecule has 0 fully saturated rings. The first kappa shape index (κ1) is 12.8. The number of H-pyrrole nitrogens is 1. The van der Waals surface area contributed by atoms with E-state index in [0.29, 0.717) is 16.8 Å². The van der Waals surface area contributed by atoms with E-state index < -0.39 is 5.82 Å². The summed E-state index contributed by atoms with van der Waals surface area (Å²) in [5.41, 5.74) is 1.02. The van der Waals surface area contributed by atoms with Crippen molar-refractivity contribution in [3.05, 3.63) is 47.5 Å². The molecule has 6 heteroatoms. The van der Waals surface area contributed by atoms with Crippen LogP contribution in [0.1, 0.15) is 15.9 Å². The van der Waals surface area contributed by atoms with Crippen molar-refractivity contribution >= 4 is 11.6 Å². The van der Waals surface area contributed by atoms with Crippen molar-refractivity contribution in [1.82, 2.24) is 10.2 Å². The van der Waals surface area contributed by atoms with E-state index >= 15 is 0 Å². The number of benzene rings is 1. The molecule has 1 aromatic heterocycles. The number of nitrogens with one attached hydrogen (secondary N) is 2. The highest BCUT2D eigenvalue weighted by atomic mass is 19.1. The molecule has 0 unspecified atom stereocenters. The van der Waals surface area contributed by atoms with E-state index in [4.69, 9.17) is 5.11 Å². The number of rotatable bonds is 2. The number of nitrogens with zero attached hydrogens (tertiary/aromatic N) is 1. The van der Waals surface area contributed by atoms with Crippen LogP contribution in [0.5, 0.6) is 0 Å². The van der Waals surface area contributed by atoms with Crippen LogP contribution in [-0.2, 0) is 0 Å². The van der Waals surface area contributed by atoms with Crippen molar-refractivity contribution in [2.24, 2.45) is 0 Å². The zero-order valence-electron chi connectivity index (χ0n) is 9.77. The Balaban J connectivity index is 2.27. The molecule has 0 saturated heterocycles. The molecule has 1 aromatic carbocycles. The van der Waals surface area contributed by atoms with Crippen molar-refractivity contribution in [2.45, 2.75) is 0 Å². The molecule has 19 heavy (non-hydrogen) atoms. The van der Waals surface area contributed by atoms with Crippen LogP contribution in [0.3, 0.4) is 0 Å². The number of carbonyl (C=O) groups excluding carboxylic acids is 1. The molecule has 96 valence electrons. The van der Waals surface area contributed by atoms with Crippen LogP contribution in [0, 0.1) is 17.7 Å². The second-order valence-corrected chi connectivity index (χ2v) is 3.59. The van der Waals surface area contributed by atoms with Crippen LogP contribution in [-0.4, -0.2) is 27.8 Å². The third-order valence-electron chi connectivity index (χ3n) is 2.29. The third kappa shape index (κ3) is 3.18. The highest BCUT2D eigenvalue weighted by Crippen LogP contribution is 2.17. The molecule has 2 rings (SSSR count). The lowest BCUT2D eigenvalue weighted by Gasteiger charge is -2.06. The van der Waals surface area contributed by atoms with Crippen LogP contribution in [0.25, 0.3) is 0 Å². The van der Waals surface area contributed by atoms with Gasteiger partial charge in [0.1, 0.15) is 12.4 Å². The van der Waals surface area contributed by atoms with Gasteiger partial charge in [0.25, 0.3) is 5.91 Å². The maximum absolute atomic E-state index is 13.1. The van der Waals surface area contributed by atoms with E-state index in [-0.39, 0.29) is 12.5 Å². The van der Waals surface area contributed by atoms with E-state index in [1.165, 1.54) is 30.6 Å². The molecule has 1 amide bonds. The fraction of sp³-hybridized carbons (Fsp3) is 0.0769. The SMILES string of the molecule is O=C(Nc1ccc(F)cc1C#CCO)c1cn[nH]c1. The molecule has 3 N–H and O–H groups in total. The Bertz CT molecular complexity index is 642. The Hall–Kier alpha value is -2.65. The van der Waals surface area contributed by atoms with Gasteiger partial charge in [-0.25, -0.2) is 4.39 Å². The predicted octanol–water partition coefficient (Wildman–Crippen LogP) is 1.14. The first-order valence-corrected chi connectivity index (χ1v) is 5.40. The van der Waals surface area contributed by atoms with E-state index in [1.807, 2.05) is 0 Å². The topological polar surface area (TPSA) is 78.0 Å². The molecule has 1 heterocycles. The van der Waals surface area contributed by atoms with Gasteiger partial charge in [-0.1, -0.05) is 11.8 Å². The number of carbonyl (C=O) groups is 1. The summed E-state index contributed by atoms with van der Waals surface area (Å²) in [6.07, 6.45) is 2.82. The molecular formula is C13H10FN3O2. The maximum Gasteiger partial charge on any atom is 0.258 e. The highest BCUT2D eigenvalue weighted by Gasteiger charge is 2.09. The fourth-order valence-electron chi connectivity index (χ4n) is 1.43. The Labute approximate surface area is 108 Å². The number of hydrogen-bond acceptors (Lipinski definition) is 3. The predicted molar refractivity (Wildman–Crippen MR) is 66.9 cm³/mol. The average molecular weight is 259 g/mol. The molecule has 5 nitrogen and oxygen atoms in total. The molecule has 0 aliphatic carbocycles. The molecule has 2 aromatic rings. The lowest BCUT2D eigenvalue weighted by Crippen LogP contribution is -2.12. The first-order valence-electron chi connectivity index (χ1n) is 5.40. The number of amides is 1. The monoisotopic (exact) mass is 259 g/mol. The van der Waals surface area contributed by atoms with Crippen molar-refractivity contribution < 1.29 is 14.3 Å². The average Bonchev–Trinajstić information content (AvgIpc) is 2.93.